The second kappa shape index (κ2) is 4.49. The maximum Gasteiger partial charge on any atom is 0.0696 e. The van der Waals surface area contributed by atoms with Crippen molar-refractivity contribution >= 4 is 0 Å². The van der Waals surface area contributed by atoms with Crippen molar-refractivity contribution in [2.45, 2.75) is 18.9 Å². The van der Waals surface area contributed by atoms with Gasteiger partial charge in [0.1, 0.15) is 0 Å². The van der Waals surface area contributed by atoms with Gasteiger partial charge in [0.15, 0.2) is 0 Å². The number of rotatable bonds is 3. The normalized spacial score (nSPS) is 17.8. The van der Waals surface area contributed by atoms with E-state index < -0.39 is 0 Å². The maximum atomic E-state index is 6.18. The third kappa shape index (κ3) is 2.21. The van der Waals surface area contributed by atoms with Crippen LogP contribution in [0.25, 0.3) is 0 Å². The van der Waals surface area contributed by atoms with E-state index in [-0.39, 0.29) is 6.04 Å². The van der Waals surface area contributed by atoms with Crippen LogP contribution in [0.2, 0.25) is 0 Å². The second-order valence-corrected chi connectivity index (χ2v) is 4.07. The first-order valence-electron chi connectivity index (χ1n) is 5.53. The highest BCUT2D eigenvalue weighted by Gasteiger charge is 2.18. The van der Waals surface area contributed by atoms with Crippen molar-refractivity contribution in [2.75, 3.05) is 13.1 Å². The Morgan fingerprint density at radius 2 is 1.80 bits per heavy atom. The standard InChI is InChI=1S/C13H18N2/c1-11(15-9-5-6-10-15)13(14)12-7-3-2-4-8-12/h2-4,7-8,13H,1,5-6,9-10,14H2/t13-/m1/s1. The molecule has 1 heterocycles. The molecule has 0 spiro atoms. The molecule has 15 heavy (non-hydrogen) atoms. The fourth-order valence-corrected chi connectivity index (χ4v) is 2.05. The van der Waals surface area contributed by atoms with Crippen LogP contribution in [-0.2, 0) is 0 Å². The number of hydrogen-bond acceptors (Lipinski definition) is 2. The number of benzene rings is 1. The Morgan fingerprint density at radius 1 is 1.20 bits per heavy atom. The highest BCUT2D eigenvalue weighted by atomic mass is 15.2. The molecule has 2 rings (SSSR count). The lowest BCUT2D eigenvalue weighted by Gasteiger charge is -2.25. The number of likely N-dealkylation sites (tertiary alicyclic amines) is 1. The minimum Gasteiger partial charge on any atom is -0.374 e. The zero-order chi connectivity index (χ0) is 10.7. The topological polar surface area (TPSA) is 29.3 Å². The fourth-order valence-electron chi connectivity index (χ4n) is 2.05. The van der Waals surface area contributed by atoms with Gasteiger partial charge in [-0.3, -0.25) is 0 Å². The molecule has 0 bridgehead atoms. The highest BCUT2D eigenvalue weighted by molar-refractivity contribution is 5.25. The molecule has 0 aliphatic carbocycles. The van der Waals surface area contributed by atoms with Crippen molar-refractivity contribution in [3.8, 4) is 0 Å². The predicted octanol–water partition coefficient (Wildman–Crippen LogP) is 2.30. The van der Waals surface area contributed by atoms with E-state index in [0.717, 1.165) is 24.4 Å². The summed E-state index contributed by atoms with van der Waals surface area (Å²) in [4.78, 5) is 2.30. The molecule has 0 aromatic heterocycles. The Bertz CT molecular complexity index is 326. The minimum atomic E-state index is -0.0516. The summed E-state index contributed by atoms with van der Waals surface area (Å²) < 4.78 is 0. The summed E-state index contributed by atoms with van der Waals surface area (Å²) in [7, 11) is 0. The Balaban J connectivity index is 2.07. The Hall–Kier alpha value is -1.28. The van der Waals surface area contributed by atoms with Gasteiger partial charge in [0.2, 0.25) is 0 Å². The van der Waals surface area contributed by atoms with Crippen molar-refractivity contribution in [2.24, 2.45) is 5.73 Å². The number of hydrogen-bond donors (Lipinski definition) is 1. The molecule has 1 saturated heterocycles. The lowest BCUT2D eigenvalue weighted by molar-refractivity contribution is 0.396. The van der Waals surface area contributed by atoms with Gasteiger partial charge in [-0.25, -0.2) is 0 Å². The molecule has 2 N–H and O–H groups in total. The summed E-state index contributed by atoms with van der Waals surface area (Å²) >= 11 is 0. The van der Waals surface area contributed by atoms with Crippen molar-refractivity contribution in [1.82, 2.24) is 4.90 Å². The zero-order valence-corrected chi connectivity index (χ0v) is 9.02. The van der Waals surface area contributed by atoms with Gasteiger partial charge in [0.05, 0.1) is 6.04 Å². The number of nitrogens with zero attached hydrogens (tertiary/aromatic N) is 1. The molecule has 1 aliphatic heterocycles. The largest absolute Gasteiger partial charge is 0.374 e. The summed E-state index contributed by atoms with van der Waals surface area (Å²) in [6.07, 6.45) is 2.53. The summed E-state index contributed by atoms with van der Waals surface area (Å²) in [6.45, 7) is 6.33. The van der Waals surface area contributed by atoms with E-state index >= 15 is 0 Å². The average Bonchev–Trinajstić information content (AvgIpc) is 2.82. The van der Waals surface area contributed by atoms with Crippen LogP contribution < -0.4 is 5.73 Å². The van der Waals surface area contributed by atoms with Crippen LogP contribution in [0.4, 0.5) is 0 Å². The van der Waals surface area contributed by atoms with Gasteiger partial charge in [-0.05, 0) is 18.4 Å². The molecule has 2 nitrogen and oxygen atoms in total. The van der Waals surface area contributed by atoms with Gasteiger partial charge >= 0.3 is 0 Å². The van der Waals surface area contributed by atoms with Gasteiger partial charge in [0, 0.05) is 18.8 Å². The Morgan fingerprint density at radius 3 is 2.40 bits per heavy atom. The second-order valence-electron chi connectivity index (χ2n) is 4.07. The lowest BCUT2D eigenvalue weighted by atomic mass is 10.1. The maximum absolute atomic E-state index is 6.18. The van der Waals surface area contributed by atoms with Gasteiger partial charge in [-0.2, -0.15) is 0 Å². The van der Waals surface area contributed by atoms with Crippen LogP contribution >= 0.6 is 0 Å². The SMILES string of the molecule is C=C([C@@H](N)c1ccccc1)N1CCCC1. The van der Waals surface area contributed by atoms with E-state index in [4.69, 9.17) is 5.73 Å². The first kappa shape index (κ1) is 10.2. The van der Waals surface area contributed by atoms with Gasteiger partial charge in [0.25, 0.3) is 0 Å². The third-order valence-electron chi connectivity index (χ3n) is 3.03. The van der Waals surface area contributed by atoms with Crippen LogP contribution in [0.3, 0.4) is 0 Å². The van der Waals surface area contributed by atoms with Crippen molar-refractivity contribution in [1.29, 1.82) is 0 Å². The van der Waals surface area contributed by atoms with Crippen molar-refractivity contribution in [3.63, 3.8) is 0 Å². The van der Waals surface area contributed by atoms with Crippen LogP contribution in [0.1, 0.15) is 24.4 Å². The molecule has 1 fully saturated rings. The van der Waals surface area contributed by atoms with Gasteiger partial charge in [-0.1, -0.05) is 36.9 Å². The fraction of sp³-hybridized carbons (Fsp3) is 0.385. The van der Waals surface area contributed by atoms with E-state index in [1.54, 1.807) is 0 Å². The summed E-state index contributed by atoms with van der Waals surface area (Å²) in [5, 5.41) is 0. The minimum absolute atomic E-state index is 0.0516. The Labute approximate surface area is 91.4 Å². The molecule has 1 atom stereocenters. The molecule has 1 aromatic rings. The summed E-state index contributed by atoms with van der Waals surface area (Å²) in [6, 6.07) is 10.1. The van der Waals surface area contributed by atoms with Gasteiger partial charge < -0.3 is 10.6 Å². The Kier molecular flexibility index (Phi) is 3.07. The molecular formula is C13H18N2. The third-order valence-corrected chi connectivity index (χ3v) is 3.03. The molecule has 0 amide bonds. The highest BCUT2D eigenvalue weighted by Crippen LogP contribution is 2.23. The molecule has 80 valence electrons. The molecule has 0 unspecified atom stereocenters. The summed E-state index contributed by atoms with van der Waals surface area (Å²) in [5.74, 6) is 0. The average molecular weight is 202 g/mol. The first-order chi connectivity index (χ1) is 7.29. The quantitative estimate of drug-likeness (QED) is 0.815. The van der Waals surface area contributed by atoms with Gasteiger partial charge in [-0.15, -0.1) is 0 Å². The zero-order valence-electron chi connectivity index (χ0n) is 9.02. The van der Waals surface area contributed by atoms with Crippen LogP contribution in [0.5, 0.6) is 0 Å². The van der Waals surface area contributed by atoms with E-state index in [0.29, 0.717) is 0 Å². The van der Waals surface area contributed by atoms with Crippen molar-refractivity contribution in [3.05, 3.63) is 48.2 Å². The lowest BCUT2D eigenvalue weighted by Crippen LogP contribution is -2.26. The predicted molar refractivity (Wildman–Crippen MR) is 63.3 cm³/mol. The van der Waals surface area contributed by atoms with Crippen LogP contribution in [0, 0.1) is 0 Å². The monoisotopic (exact) mass is 202 g/mol. The van der Waals surface area contributed by atoms with E-state index in [2.05, 4.69) is 23.6 Å². The molecule has 0 saturated carbocycles. The molecule has 0 radical (unpaired) electrons. The molecular weight excluding hydrogens is 184 g/mol. The van der Waals surface area contributed by atoms with Crippen LogP contribution in [0.15, 0.2) is 42.6 Å². The number of nitrogens with two attached hydrogens (primary N) is 1. The first-order valence-corrected chi connectivity index (χ1v) is 5.53. The molecule has 2 heteroatoms. The van der Waals surface area contributed by atoms with Crippen molar-refractivity contribution < 1.29 is 0 Å². The molecule has 1 aromatic carbocycles. The van der Waals surface area contributed by atoms with E-state index in [1.165, 1.54) is 12.8 Å². The van der Waals surface area contributed by atoms with E-state index in [1.807, 2.05) is 18.2 Å². The van der Waals surface area contributed by atoms with E-state index in [9.17, 15) is 0 Å². The van der Waals surface area contributed by atoms with Crippen LogP contribution in [-0.4, -0.2) is 18.0 Å². The summed E-state index contributed by atoms with van der Waals surface area (Å²) in [5.41, 5.74) is 8.38. The molecule has 1 aliphatic rings. The smallest absolute Gasteiger partial charge is 0.0696 e.